The number of aromatic nitrogens is 5. The summed E-state index contributed by atoms with van der Waals surface area (Å²) >= 11 is 0. The van der Waals surface area contributed by atoms with Gasteiger partial charge in [0.2, 0.25) is 0 Å². The summed E-state index contributed by atoms with van der Waals surface area (Å²) in [6.07, 6.45) is 13.9. The van der Waals surface area contributed by atoms with E-state index in [1.54, 1.807) is 12.4 Å². The minimum atomic E-state index is 0.514. The fraction of sp³-hybridized carbons (Fsp3) is 0.400. The molecule has 4 N–H and O–H groups in total. The number of aryl methyl sites for hydroxylation is 1. The van der Waals surface area contributed by atoms with Crippen molar-refractivity contribution in [1.29, 1.82) is 5.41 Å². The third-order valence-electron chi connectivity index (χ3n) is 7.21. The molecule has 0 unspecified atom stereocenters. The lowest BCUT2D eigenvalue weighted by Gasteiger charge is -2.26. The Bertz CT molecular complexity index is 1320. The molecule has 0 spiro atoms. The van der Waals surface area contributed by atoms with Gasteiger partial charge in [0.25, 0.3) is 0 Å². The second-order valence-corrected chi connectivity index (χ2v) is 9.99. The molecular weight excluding hydrogens is 486 g/mol. The van der Waals surface area contributed by atoms with E-state index in [1.165, 1.54) is 50.8 Å². The Hall–Kier alpha value is -3.98. The van der Waals surface area contributed by atoms with Crippen LogP contribution in [0.3, 0.4) is 0 Å². The van der Waals surface area contributed by atoms with E-state index in [0.717, 1.165) is 39.7 Å². The minimum absolute atomic E-state index is 0.514. The van der Waals surface area contributed by atoms with E-state index < -0.39 is 0 Å². The van der Waals surface area contributed by atoms with Crippen molar-refractivity contribution in [2.45, 2.75) is 51.9 Å². The predicted molar refractivity (Wildman–Crippen MR) is 159 cm³/mol. The maximum absolute atomic E-state index is 5.50. The van der Waals surface area contributed by atoms with Gasteiger partial charge in [0.1, 0.15) is 11.6 Å². The van der Waals surface area contributed by atoms with Gasteiger partial charge in [0.15, 0.2) is 5.82 Å². The van der Waals surface area contributed by atoms with E-state index in [-0.39, 0.29) is 0 Å². The molecule has 9 nitrogen and oxygen atoms in total. The van der Waals surface area contributed by atoms with E-state index >= 15 is 0 Å². The van der Waals surface area contributed by atoms with Gasteiger partial charge in [0.05, 0.1) is 18.4 Å². The van der Waals surface area contributed by atoms with Gasteiger partial charge in [-0.2, -0.15) is 0 Å². The monoisotopic (exact) mass is 525 g/mol. The van der Waals surface area contributed by atoms with Crippen molar-refractivity contribution in [1.82, 2.24) is 30.2 Å². The summed E-state index contributed by atoms with van der Waals surface area (Å²) in [6, 6.07) is 9.65. The molecule has 4 aromatic heterocycles. The van der Waals surface area contributed by atoms with Crippen LogP contribution in [0.25, 0.3) is 22.3 Å². The van der Waals surface area contributed by atoms with Crippen molar-refractivity contribution < 1.29 is 0 Å². The third kappa shape index (κ3) is 7.54. The summed E-state index contributed by atoms with van der Waals surface area (Å²) in [4.78, 5) is 22.7. The van der Waals surface area contributed by atoms with Crippen LogP contribution in [0, 0.1) is 18.3 Å². The van der Waals surface area contributed by atoms with Crippen LogP contribution in [-0.4, -0.2) is 51.4 Å². The average Bonchev–Trinajstić information content (AvgIpc) is 2.95. The zero-order chi connectivity index (χ0) is 27.5. The number of hydrogen-bond donors (Lipinski definition) is 4. The number of nitrogens with one attached hydrogen (secondary N) is 4. The van der Waals surface area contributed by atoms with Crippen molar-refractivity contribution in [2.24, 2.45) is 5.92 Å². The Kier molecular flexibility index (Phi) is 10.2. The number of nitrogens with zero attached hydrogens (tertiary/aromatic N) is 5. The molecule has 5 heterocycles. The summed E-state index contributed by atoms with van der Waals surface area (Å²) in [5.41, 5.74) is 4.12. The standard InChI is InChI=1S/C23H23N7.C6H13N.CH3N/c1-15-22-18(16-5-4-6-16)12-24-13-19(22)30-23(29-15)17-8-10-26-21(11-17)28-14-27-20-7-2-3-9-25-20;1-6-2-4-7-5-3-6;1-2/h2-3,7-13,16H,4-6,14H2,1H3,(H,25,27)(H,26,28);6-7H,2-5H2,1H3;2H,1H2. The molecule has 0 bridgehead atoms. The van der Waals surface area contributed by atoms with Crippen LogP contribution in [-0.2, 0) is 0 Å². The number of hydrogen-bond acceptors (Lipinski definition) is 9. The zero-order valence-corrected chi connectivity index (χ0v) is 23.0. The van der Waals surface area contributed by atoms with Gasteiger partial charge >= 0.3 is 0 Å². The number of pyridine rings is 3. The van der Waals surface area contributed by atoms with E-state index in [2.05, 4.69) is 51.5 Å². The van der Waals surface area contributed by atoms with Crippen LogP contribution in [0.2, 0.25) is 0 Å². The Morgan fingerprint density at radius 2 is 1.72 bits per heavy atom. The molecule has 1 aliphatic heterocycles. The van der Waals surface area contributed by atoms with Crippen molar-refractivity contribution in [3.05, 3.63) is 66.4 Å². The van der Waals surface area contributed by atoms with Gasteiger partial charge in [-0.1, -0.05) is 19.4 Å². The Morgan fingerprint density at radius 3 is 2.38 bits per heavy atom. The quantitative estimate of drug-likeness (QED) is 0.184. The second kappa shape index (κ2) is 14.2. The predicted octanol–water partition coefficient (Wildman–Crippen LogP) is 5.81. The summed E-state index contributed by atoms with van der Waals surface area (Å²) in [5, 5.41) is 16.4. The molecule has 1 saturated heterocycles. The topological polar surface area (TPSA) is 124 Å². The zero-order valence-electron chi connectivity index (χ0n) is 23.0. The third-order valence-corrected chi connectivity index (χ3v) is 7.21. The lowest BCUT2D eigenvalue weighted by atomic mass is 9.79. The fourth-order valence-corrected chi connectivity index (χ4v) is 4.78. The first-order valence-corrected chi connectivity index (χ1v) is 13.7. The number of rotatable bonds is 6. The first-order chi connectivity index (χ1) is 19.2. The highest BCUT2D eigenvalue weighted by Crippen LogP contribution is 2.39. The van der Waals surface area contributed by atoms with Crippen LogP contribution >= 0.6 is 0 Å². The van der Waals surface area contributed by atoms with Crippen LogP contribution in [0.5, 0.6) is 0 Å². The van der Waals surface area contributed by atoms with Gasteiger partial charge in [-0.05, 0) is 94.1 Å². The van der Waals surface area contributed by atoms with Crippen LogP contribution in [0.4, 0.5) is 11.6 Å². The molecule has 9 heteroatoms. The maximum Gasteiger partial charge on any atom is 0.160 e. The second-order valence-electron chi connectivity index (χ2n) is 9.99. The highest BCUT2D eigenvalue weighted by atomic mass is 15.1. The molecule has 0 radical (unpaired) electrons. The first-order valence-electron chi connectivity index (χ1n) is 13.7. The number of anilines is 2. The van der Waals surface area contributed by atoms with Crippen molar-refractivity contribution >= 4 is 29.3 Å². The molecular formula is C30H39N9. The highest BCUT2D eigenvalue weighted by Gasteiger charge is 2.23. The smallest absolute Gasteiger partial charge is 0.160 e. The maximum atomic E-state index is 5.50. The lowest BCUT2D eigenvalue weighted by molar-refractivity contribution is 0.402. The molecule has 2 aliphatic rings. The van der Waals surface area contributed by atoms with E-state index in [4.69, 9.17) is 15.4 Å². The van der Waals surface area contributed by atoms with Crippen LogP contribution in [0.15, 0.2) is 55.1 Å². The number of fused-ring (bicyclic) bond motifs is 1. The van der Waals surface area contributed by atoms with Gasteiger partial charge in [-0.15, -0.1) is 0 Å². The van der Waals surface area contributed by atoms with Crippen molar-refractivity contribution in [3.63, 3.8) is 0 Å². The highest BCUT2D eigenvalue weighted by molar-refractivity contribution is 5.85. The molecule has 1 saturated carbocycles. The largest absolute Gasteiger partial charge is 0.353 e. The van der Waals surface area contributed by atoms with Crippen molar-refractivity contribution in [3.8, 4) is 11.4 Å². The summed E-state index contributed by atoms with van der Waals surface area (Å²) in [6.45, 7) is 9.87. The van der Waals surface area contributed by atoms with Crippen LogP contribution in [0.1, 0.15) is 56.2 Å². The first kappa shape index (κ1) is 28.0. The van der Waals surface area contributed by atoms with E-state index in [1.807, 2.05) is 42.7 Å². The molecule has 1 aliphatic carbocycles. The van der Waals surface area contributed by atoms with Gasteiger partial charge in [-0.3, -0.25) is 4.98 Å². The molecule has 0 amide bonds. The number of piperidine rings is 1. The van der Waals surface area contributed by atoms with Gasteiger partial charge in [-0.25, -0.2) is 19.9 Å². The van der Waals surface area contributed by atoms with Gasteiger partial charge < -0.3 is 21.4 Å². The van der Waals surface area contributed by atoms with Gasteiger partial charge in [0, 0.05) is 35.2 Å². The molecule has 4 aromatic rings. The molecule has 204 valence electrons. The van der Waals surface area contributed by atoms with Crippen LogP contribution < -0.4 is 16.0 Å². The SMILES string of the molecule is C=N.CC1CCNCC1.Cc1nc(-c2ccnc(NCNc3ccccn3)c2)nc2cncc(C3CCC3)c12. The molecule has 6 rings (SSSR count). The summed E-state index contributed by atoms with van der Waals surface area (Å²) in [5.74, 6) is 3.82. The lowest BCUT2D eigenvalue weighted by Crippen LogP contribution is -2.26. The molecule has 39 heavy (non-hydrogen) atoms. The Morgan fingerprint density at radius 1 is 0.949 bits per heavy atom. The molecule has 2 fully saturated rings. The summed E-state index contributed by atoms with van der Waals surface area (Å²) < 4.78 is 0. The van der Waals surface area contributed by atoms with E-state index in [0.29, 0.717) is 18.4 Å². The average molecular weight is 526 g/mol. The molecule has 0 atom stereocenters. The minimum Gasteiger partial charge on any atom is -0.353 e. The Balaban J connectivity index is 0.000000338. The van der Waals surface area contributed by atoms with Crippen molar-refractivity contribution in [2.75, 3.05) is 30.4 Å². The normalized spacial score (nSPS) is 15.2. The fourth-order valence-electron chi connectivity index (χ4n) is 4.78. The Labute approximate surface area is 230 Å². The molecule has 0 aromatic carbocycles. The summed E-state index contributed by atoms with van der Waals surface area (Å²) in [7, 11) is 0. The van der Waals surface area contributed by atoms with E-state index in [9.17, 15) is 0 Å².